The molecule has 1 fully saturated rings. The standard InChI is InChI=1S/C20H22Br2N2O2S/c1-12-6-8-15(9-7-12)27(25,26)23-24-19-13(2)10-14(21)11-17(19)16-4-3-5-18(22)20(16)24/h6-11,16,18,20,23H,3-5H2,1-2H3. The quantitative estimate of drug-likeness (QED) is 0.575. The first-order valence-corrected chi connectivity index (χ1v) is 12.3. The number of halogens is 2. The number of alkyl halides is 1. The van der Waals surface area contributed by atoms with Gasteiger partial charge < -0.3 is 0 Å². The summed E-state index contributed by atoms with van der Waals surface area (Å²) >= 11 is 7.43. The summed E-state index contributed by atoms with van der Waals surface area (Å²) in [6.45, 7) is 3.99. The van der Waals surface area contributed by atoms with Crippen molar-refractivity contribution < 1.29 is 8.42 Å². The lowest BCUT2D eigenvalue weighted by molar-refractivity contribution is 0.393. The lowest BCUT2D eigenvalue weighted by atomic mass is 9.82. The zero-order valence-electron chi connectivity index (χ0n) is 15.2. The van der Waals surface area contributed by atoms with Gasteiger partial charge in [0.2, 0.25) is 0 Å². The number of anilines is 1. The summed E-state index contributed by atoms with van der Waals surface area (Å²) in [5.74, 6) is 0.315. The molecular formula is C20H22Br2N2O2S. The zero-order valence-corrected chi connectivity index (χ0v) is 19.2. The minimum Gasteiger partial charge on any atom is -0.289 e. The minimum atomic E-state index is -3.66. The minimum absolute atomic E-state index is 0.0713. The van der Waals surface area contributed by atoms with E-state index in [1.165, 1.54) is 5.56 Å². The van der Waals surface area contributed by atoms with E-state index in [1.807, 2.05) is 37.1 Å². The Kier molecular flexibility index (Phi) is 5.16. The predicted molar refractivity (Wildman–Crippen MR) is 116 cm³/mol. The van der Waals surface area contributed by atoms with Crippen LogP contribution >= 0.6 is 31.9 Å². The topological polar surface area (TPSA) is 49.4 Å². The van der Waals surface area contributed by atoms with Crippen LogP contribution in [0.1, 0.15) is 41.9 Å². The number of nitrogens with one attached hydrogen (secondary N) is 1. The zero-order chi connectivity index (χ0) is 19.3. The first-order valence-electron chi connectivity index (χ1n) is 9.10. The predicted octanol–water partition coefficient (Wildman–Crippen LogP) is 5.18. The molecule has 0 aromatic heterocycles. The highest BCUT2D eigenvalue weighted by atomic mass is 79.9. The molecule has 3 atom stereocenters. The molecular weight excluding hydrogens is 492 g/mol. The summed E-state index contributed by atoms with van der Waals surface area (Å²) in [7, 11) is -3.66. The van der Waals surface area contributed by atoms with Gasteiger partial charge in [-0.2, -0.15) is 0 Å². The Balaban J connectivity index is 1.78. The molecule has 1 aliphatic carbocycles. The number of aryl methyl sites for hydroxylation is 2. The van der Waals surface area contributed by atoms with Gasteiger partial charge in [0.25, 0.3) is 10.0 Å². The average molecular weight is 514 g/mol. The molecule has 0 bridgehead atoms. The number of hydrazine groups is 1. The molecule has 1 N–H and O–H groups in total. The fourth-order valence-electron chi connectivity index (χ4n) is 4.34. The van der Waals surface area contributed by atoms with Gasteiger partial charge in [-0.05, 0) is 62.1 Å². The molecule has 2 aromatic rings. The second-order valence-corrected chi connectivity index (χ2v) is 11.2. The molecule has 0 radical (unpaired) electrons. The highest BCUT2D eigenvalue weighted by Gasteiger charge is 2.46. The summed E-state index contributed by atoms with van der Waals surface area (Å²) in [5, 5.41) is 1.90. The van der Waals surface area contributed by atoms with E-state index in [2.05, 4.69) is 42.8 Å². The van der Waals surface area contributed by atoms with Crippen LogP contribution < -0.4 is 9.84 Å². The number of hydrogen-bond donors (Lipinski definition) is 1. The van der Waals surface area contributed by atoms with Crippen molar-refractivity contribution in [3.63, 3.8) is 0 Å². The molecule has 4 nitrogen and oxygen atoms in total. The summed E-state index contributed by atoms with van der Waals surface area (Å²) < 4.78 is 27.2. The van der Waals surface area contributed by atoms with E-state index in [0.717, 1.165) is 40.5 Å². The summed E-state index contributed by atoms with van der Waals surface area (Å²) in [4.78, 5) is 3.42. The van der Waals surface area contributed by atoms with Crippen molar-refractivity contribution in [3.8, 4) is 0 Å². The van der Waals surface area contributed by atoms with Crippen LogP contribution in [0.4, 0.5) is 5.69 Å². The number of sulfonamides is 1. The SMILES string of the molecule is Cc1ccc(S(=O)(=O)NN2c3c(C)cc(Br)cc3C3CCCC(Br)C32)cc1. The number of benzene rings is 2. The molecule has 144 valence electrons. The van der Waals surface area contributed by atoms with Gasteiger partial charge in [0.15, 0.2) is 0 Å². The van der Waals surface area contributed by atoms with Crippen molar-refractivity contribution in [1.82, 2.24) is 4.83 Å². The summed E-state index contributed by atoms with van der Waals surface area (Å²) in [5.41, 5.74) is 4.33. The Bertz CT molecular complexity index is 976. The molecule has 1 aliphatic heterocycles. The van der Waals surface area contributed by atoms with Crippen LogP contribution in [-0.4, -0.2) is 19.3 Å². The maximum atomic E-state index is 13.1. The Hall–Kier alpha value is -0.890. The Morgan fingerprint density at radius 2 is 1.81 bits per heavy atom. The van der Waals surface area contributed by atoms with Crippen LogP contribution in [0.5, 0.6) is 0 Å². The van der Waals surface area contributed by atoms with E-state index in [9.17, 15) is 8.42 Å². The molecule has 2 aromatic carbocycles. The van der Waals surface area contributed by atoms with Crippen LogP contribution in [0.2, 0.25) is 0 Å². The van der Waals surface area contributed by atoms with Crippen molar-refractivity contribution in [2.24, 2.45) is 0 Å². The molecule has 7 heteroatoms. The van der Waals surface area contributed by atoms with Crippen molar-refractivity contribution in [2.75, 3.05) is 5.01 Å². The highest BCUT2D eigenvalue weighted by Crippen LogP contribution is 2.51. The normalized spacial score (nSPS) is 24.6. The number of rotatable bonds is 3. The molecule has 0 spiro atoms. The average Bonchev–Trinajstić information content (AvgIpc) is 2.90. The van der Waals surface area contributed by atoms with E-state index in [0.29, 0.717) is 5.92 Å². The van der Waals surface area contributed by atoms with Gasteiger partial charge in [-0.15, -0.1) is 4.83 Å². The molecule has 27 heavy (non-hydrogen) atoms. The van der Waals surface area contributed by atoms with E-state index in [-0.39, 0.29) is 15.8 Å². The van der Waals surface area contributed by atoms with Crippen molar-refractivity contribution in [3.05, 3.63) is 57.6 Å². The van der Waals surface area contributed by atoms with Crippen LogP contribution in [-0.2, 0) is 10.0 Å². The van der Waals surface area contributed by atoms with E-state index >= 15 is 0 Å². The number of fused-ring (bicyclic) bond motifs is 3. The second kappa shape index (κ2) is 7.17. The molecule has 2 aliphatic rings. The first kappa shape index (κ1) is 19.4. The van der Waals surface area contributed by atoms with Crippen molar-refractivity contribution in [1.29, 1.82) is 0 Å². The Labute approximate surface area is 177 Å². The van der Waals surface area contributed by atoms with Gasteiger partial charge in [0.1, 0.15) is 0 Å². The van der Waals surface area contributed by atoms with Gasteiger partial charge in [-0.25, -0.2) is 8.42 Å². The van der Waals surface area contributed by atoms with E-state index < -0.39 is 10.0 Å². The first-order chi connectivity index (χ1) is 12.8. The van der Waals surface area contributed by atoms with Gasteiger partial charge in [0.05, 0.1) is 16.6 Å². The fourth-order valence-corrected chi connectivity index (χ4v) is 6.93. The van der Waals surface area contributed by atoms with Crippen molar-refractivity contribution >= 4 is 47.6 Å². The van der Waals surface area contributed by atoms with Crippen molar-refractivity contribution in [2.45, 2.75) is 54.8 Å². The number of nitrogens with zero attached hydrogens (tertiary/aromatic N) is 1. The third-order valence-electron chi connectivity index (χ3n) is 5.56. The van der Waals surface area contributed by atoms with Crippen LogP contribution in [0.3, 0.4) is 0 Å². The lowest BCUT2D eigenvalue weighted by Crippen LogP contribution is -2.52. The smallest absolute Gasteiger partial charge is 0.257 e. The largest absolute Gasteiger partial charge is 0.289 e. The third-order valence-corrected chi connectivity index (χ3v) is 8.35. The van der Waals surface area contributed by atoms with E-state index in [4.69, 9.17) is 0 Å². The van der Waals surface area contributed by atoms with E-state index in [1.54, 1.807) is 12.1 Å². The Morgan fingerprint density at radius 3 is 2.52 bits per heavy atom. The third kappa shape index (κ3) is 3.48. The Morgan fingerprint density at radius 1 is 1.11 bits per heavy atom. The van der Waals surface area contributed by atoms with Crippen LogP contribution in [0, 0.1) is 13.8 Å². The highest BCUT2D eigenvalue weighted by molar-refractivity contribution is 9.10. The second-order valence-electron chi connectivity index (χ2n) is 7.48. The molecule has 0 amide bonds. The van der Waals surface area contributed by atoms with Gasteiger partial charge in [-0.3, -0.25) is 5.01 Å². The maximum absolute atomic E-state index is 13.1. The number of hydrogen-bond acceptors (Lipinski definition) is 3. The lowest BCUT2D eigenvalue weighted by Gasteiger charge is -2.37. The maximum Gasteiger partial charge on any atom is 0.257 e. The van der Waals surface area contributed by atoms with Crippen LogP contribution in [0.15, 0.2) is 45.8 Å². The molecule has 3 unspecified atom stereocenters. The summed E-state index contributed by atoms with van der Waals surface area (Å²) in [6.07, 6.45) is 3.25. The molecule has 4 rings (SSSR count). The molecule has 1 heterocycles. The molecule has 0 saturated heterocycles. The van der Waals surface area contributed by atoms with Crippen LogP contribution in [0.25, 0.3) is 0 Å². The van der Waals surface area contributed by atoms with Gasteiger partial charge in [0, 0.05) is 15.2 Å². The monoisotopic (exact) mass is 512 g/mol. The molecule has 1 saturated carbocycles. The van der Waals surface area contributed by atoms with Gasteiger partial charge in [-0.1, -0.05) is 56.0 Å². The van der Waals surface area contributed by atoms with Gasteiger partial charge >= 0.3 is 0 Å². The summed E-state index contributed by atoms with van der Waals surface area (Å²) in [6, 6.07) is 11.2. The fraction of sp³-hybridized carbons (Fsp3) is 0.400.